The quantitative estimate of drug-likeness (QED) is 0.245. The Balaban J connectivity index is 2.05. The summed E-state index contributed by atoms with van der Waals surface area (Å²) in [5, 5.41) is 28.4. The number of aromatic amines is 1. The molecule has 0 bridgehead atoms. The number of hydrogen-bond donors (Lipinski definition) is 6. The van der Waals surface area contributed by atoms with Gasteiger partial charge in [-0.05, 0) is 0 Å². The summed E-state index contributed by atoms with van der Waals surface area (Å²) >= 11 is 0. The Bertz CT molecular complexity index is 786. The molecule has 22 heavy (non-hydrogen) atoms. The van der Waals surface area contributed by atoms with Gasteiger partial charge in [-0.25, -0.2) is 10.5 Å². The predicted octanol–water partition coefficient (Wildman–Crippen LogP) is -3.17. The molecule has 1 saturated heterocycles. The molecule has 2 aromatic rings. The van der Waals surface area contributed by atoms with Crippen LogP contribution in [0.15, 0.2) is 11.1 Å². The van der Waals surface area contributed by atoms with Gasteiger partial charge in [-0.15, -0.1) is 0 Å². The predicted molar refractivity (Wildman–Crippen MR) is 68.4 cm³/mol. The van der Waals surface area contributed by atoms with Crippen LogP contribution < -0.4 is 16.8 Å². The molecule has 1 aliphatic heterocycles. The maximum Gasteiger partial charge on any atom is 0.280 e. The number of carbonyl (C=O) groups is 1. The van der Waals surface area contributed by atoms with Gasteiger partial charge >= 0.3 is 0 Å². The van der Waals surface area contributed by atoms with Crippen molar-refractivity contribution in [3.63, 3.8) is 0 Å². The van der Waals surface area contributed by atoms with E-state index in [9.17, 15) is 19.8 Å². The van der Waals surface area contributed by atoms with Gasteiger partial charge in [-0.2, -0.15) is 4.98 Å². The highest BCUT2D eigenvalue weighted by Gasteiger charge is 2.47. The molecule has 1 fully saturated rings. The summed E-state index contributed by atoms with van der Waals surface area (Å²) in [6, 6.07) is 0. The molecular weight excluding hydrogens is 300 g/mol. The lowest BCUT2D eigenvalue weighted by molar-refractivity contribution is -0.146. The number of nitrogens with one attached hydrogen (secondary N) is 2. The number of aromatic nitrogens is 4. The summed E-state index contributed by atoms with van der Waals surface area (Å²) in [5.41, 5.74) is 6.17. The number of fused-ring (bicyclic) bond motifs is 1. The van der Waals surface area contributed by atoms with Crippen LogP contribution in [0.2, 0.25) is 0 Å². The zero-order chi connectivity index (χ0) is 16.0. The van der Waals surface area contributed by atoms with Crippen molar-refractivity contribution in [3.05, 3.63) is 16.7 Å². The van der Waals surface area contributed by atoms with E-state index in [4.69, 9.17) is 15.7 Å². The van der Waals surface area contributed by atoms with E-state index >= 15 is 0 Å². The van der Waals surface area contributed by atoms with Gasteiger partial charge in [-0.3, -0.25) is 24.3 Å². The Morgan fingerprint density at radius 2 is 2.18 bits per heavy atom. The number of nitrogens with zero attached hydrogens (tertiary/aromatic N) is 3. The third kappa shape index (κ3) is 2.01. The molecule has 0 aromatic carbocycles. The van der Waals surface area contributed by atoms with Gasteiger partial charge in [0.1, 0.15) is 12.2 Å². The summed E-state index contributed by atoms with van der Waals surface area (Å²) in [5.74, 6) is -1.19. The molecule has 4 atom stereocenters. The number of aliphatic hydroxyl groups excluding tert-OH is 2. The van der Waals surface area contributed by atoms with Gasteiger partial charge in [0.25, 0.3) is 11.5 Å². The minimum absolute atomic E-state index is 0.0163. The topological polar surface area (TPSA) is 189 Å². The fraction of sp³-hybridized carbons (Fsp3) is 0.400. The number of nitrogens with two attached hydrogens (primary N) is 1. The van der Waals surface area contributed by atoms with Crippen molar-refractivity contribution in [2.45, 2.75) is 24.5 Å². The number of nitrogen functional groups attached to an aromatic ring is 1. The Morgan fingerprint density at radius 1 is 1.45 bits per heavy atom. The fourth-order valence-electron chi connectivity index (χ4n) is 2.30. The van der Waals surface area contributed by atoms with Crippen molar-refractivity contribution in [3.8, 4) is 0 Å². The zero-order valence-electron chi connectivity index (χ0n) is 10.9. The van der Waals surface area contributed by atoms with Crippen LogP contribution in [-0.2, 0) is 9.53 Å². The number of hydroxylamine groups is 1. The van der Waals surface area contributed by atoms with Crippen LogP contribution in [-0.4, -0.2) is 59.2 Å². The lowest BCUT2D eigenvalue weighted by Gasteiger charge is -2.16. The van der Waals surface area contributed by atoms with Gasteiger partial charge in [0, 0.05) is 0 Å². The van der Waals surface area contributed by atoms with Crippen LogP contribution in [0.25, 0.3) is 11.2 Å². The first kappa shape index (κ1) is 14.4. The van der Waals surface area contributed by atoms with Crippen LogP contribution in [0.5, 0.6) is 0 Å². The van der Waals surface area contributed by atoms with Crippen LogP contribution >= 0.6 is 0 Å². The molecular formula is C10H12N6O6. The number of imidazole rings is 1. The number of carbonyl (C=O) groups excluding carboxylic acids is 1. The Morgan fingerprint density at radius 3 is 2.86 bits per heavy atom. The second-order valence-electron chi connectivity index (χ2n) is 4.68. The van der Waals surface area contributed by atoms with E-state index in [0.717, 1.165) is 6.33 Å². The lowest BCUT2D eigenvalue weighted by Crippen LogP contribution is -2.41. The van der Waals surface area contributed by atoms with Gasteiger partial charge < -0.3 is 20.7 Å². The van der Waals surface area contributed by atoms with Crippen molar-refractivity contribution in [1.29, 1.82) is 0 Å². The van der Waals surface area contributed by atoms with Crippen molar-refractivity contribution in [2.75, 3.05) is 5.73 Å². The number of amides is 1. The van der Waals surface area contributed by atoms with Crippen molar-refractivity contribution in [1.82, 2.24) is 25.0 Å². The second kappa shape index (κ2) is 5.03. The summed E-state index contributed by atoms with van der Waals surface area (Å²) in [7, 11) is 0. The third-order valence-electron chi connectivity index (χ3n) is 3.33. The SMILES string of the molecule is Nc1nc2c(ncn2[C@@H]2O[C@H](C(=O)NO)[C@@H](O)[C@H]2O)c(=O)[nH]1. The van der Waals surface area contributed by atoms with E-state index in [1.54, 1.807) is 0 Å². The van der Waals surface area contributed by atoms with Crippen molar-refractivity contribution < 1.29 is 25.0 Å². The molecule has 2 aromatic heterocycles. The molecule has 0 unspecified atom stereocenters. The molecule has 3 heterocycles. The number of ether oxygens (including phenoxy) is 1. The maximum absolute atomic E-state index is 11.7. The van der Waals surface area contributed by atoms with Gasteiger partial charge in [0.15, 0.2) is 23.5 Å². The van der Waals surface area contributed by atoms with Crippen LogP contribution in [0.1, 0.15) is 6.23 Å². The minimum Gasteiger partial charge on any atom is -0.387 e. The highest BCUT2D eigenvalue weighted by molar-refractivity contribution is 5.80. The van der Waals surface area contributed by atoms with Crippen molar-refractivity contribution in [2.24, 2.45) is 0 Å². The second-order valence-corrected chi connectivity index (χ2v) is 4.68. The molecule has 1 amide bonds. The summed E-state index contributed by atoms with van der Waals surface area (Å²) in [6.45, 7) is 0. The van der Waals surface area contributed by atoms with Gasteiger partial charge in [-0.1, -0.05) is 0 Å². The molecule has 1 aliphatic rings. The number of aliphatic hydroxyl groups is 2. The highest BCUT2D eigenvalue weighted by atomic mass is 16.6. The molecule has 0 radical (unpaired) electrons. The van der Waals surface area contributed by atoms with Crippen LogP contribution in [0, 0.1) is 0 Å². The fourth-order valence-corrected chi connectivity index (χ4v) is 2.30. The maximum atomic E-state index is 11.7. The normalized spacial score (nSPS) is 28.1. The molecule has 12 heteroatoms. The molecule has 0 saturated carbocycles. The van der Waals surface area contributed by atoms with E-state index in [1.165, 1.54) is 10.0 Å². The van der Waals surface area contributed by atoms with Crippen molar-refractivity contribution >= 4 is 23.0 Å². The molecule has 12 nitrogen and oxygen atoms in total. The van der Waals surface area contributed by atoms with Gasteiger partial charge in [0.2, 0.25) is 5.95 Å². The van der Waals surface area contributed by atoms with E-state index in [1.807, 2.05) is 0 Å². The third-order valence-corrected chi connectivity index (χ3v) is 3.33. The summed E-state index contributed by atoms with van der Waals surface area (Å²) < 4.78 is 6.39. The summed E-state index contributed by atoms with van der Waals surface area (Å²) in [6.07, 6.45) is -4.68. The minimum atomic E-state index is -1.59. The Hall–Kier alpha value is -2.54. The van der Waals surface area contributed by atoms with E-state index in [0.29, 0.717) is 0 Å². The van der Waals surface area contributed by atoms with E-state index < -0.39 is 36.0 Å². The van der Waals surface area contributed by atoms with E-state index in [2.05, 4.69) is 15.0 Å². The smallest absolute Gasteiger partial charge is 0.280 e. The number of rotatable bonds is 2. The van der Waals surface area contributed by atoms with Gasteiger partial charge in [0.05, 0.1) is 6.33 Å². The highest BCUT2D eigenvalue weighted by Crippen LogP contribution is 2.31. The van der Waals surface area contributed by atoms with Crippen LogP contribution in [0.3, 0.4) is 0 Å². The Kier molecular flexibility index (Phi) is 3.29. The average Bonchev–Trinajstić information content (AvgIpc) is 3.01. The zero-order valence-corrected chi connectivity index (χ0v) is 10.9. The Labute approximate surface area is 121 Å². The number of H-pyrrole nitrogens is 1. The first-order valence-corrected chi connectivity index (χ1v) is 6.12. The monoisotopic (exact) mass is 312 g/mol. The number of hydrogen-bond acceptors (Lipinski definition) is 9. The molecule has 3 rings (SSSR count). The standard InChI is InChI=1S/C10H12N6O6/c11-10-13-6-2(7(19)14-10)12-1-16(6)9-4(18)3(17)5(22-9)8(20)15-21/h1,3-5,9,17-18,21H,(H,15,20)(H3,11,13,14,19)/t3-,4+,5-,9+/m0/s1. The molecule has 0 spiro atoms. The average molecular weight is 312 g/mol. The van der Waals surface area contributed by atoms with E-state index in [-0.39, 0.29) is 17.1 Å². The molecule has 7 N–H and O–H groups in total. The molecule has 118 valence electrons. The molecule has 0 aliphatic carbocycles. The lowest BCUT2D eigenvalue weighted by atomic mass is 10.1. The van der Waals surface area contributed by atoms with Crippen LogP contribution in [0.4, 0.5) is 5.95 Å². The first-order valence-electron chi connectivity index (χ1n) is 6.12. The largest absolute Gasteiger partial charge is 0.387 e. The number of anilines is 1. The first-order chi connectivity index (χ1) is 10.4. The summed E-state index contributed by atoms with van der Waals surface area (Å²) in [4.78, 5) is 33.1.